The fourth-order valence-electron chi connectivity index (χ4n) is 9.22. The Morgan fingerprint density at radius 2 is 1.77 bits per heavy atom. The molecule has 31 heavy (non-hydrogen) atoms. The Bertz CT molecular complexity index is 908. The molecule has 0 aromatic carbocycles. The van der Waals surface area contributed by atoms with Crippen molar-refractivity contribution in [3.05, 3.63) is 0 Å². The molecule has 4 aliphatic carbocycles. The molecule has 0 amide bonds. The van der Waals surface area contributed by atoms with Crippen molar-refractivity contribution in [3.63, 3.8) is 0 Å². The highest BCUT2D eigenvalue weighted by molar-refractivity contribution is 5.99. The number of epoxide rings is 1. The average molecular weight is 431 g/mol. The van der Waals surface area contributed by atoms with Crippen LogP contribution in [0.25, 0.3) is 0 Å². The quantitative estimate of drug-likeness (QED) is 0.544. The van der Waals surface area contributed by atoms with E-state index in [1.165, 1.54) is 0 Å². The Hall–Kier alpha value is -1.56. The van der Waals surface area contributed by atoms with E-state index in [1.54, 1.807) is 6.92 Å². The number of carboxylic acids is 1. The molecule has 1 aliphatic heterocycles. The molecular weight excluding hydrogens is 396 g/mol. The van der Waals surface area contributed by atoms with E-state index in [9.17, 15) is 24.3 Å². The molecular formula is C25H34O6. The molecule has 9 unspecified atom stereocenters. The van der Waals surface area contributed by atoms with Crippen LogP contribution in [0.4, 0.5) is 0 Å². The number of aliphatic carboxylic acids is 1. The van der Waals surface area contributed by atoms with Gasteiger partial charge in [-0.1, -0.05) is 20.8 Å². The van der Waals surface area contributed by atoms with Gasteiger partial charge in [0, 0.05) is 23.7 Å². The van der Waals surface area contributed by atoms with Gasteiger partial charge in [-0.3, -0.25) is 14.4 Å². The van der Waals surface area contributed by atoms with Gasteiger partial charge in [0.25, 0.3) is 0 Å². The number of hydrogen-bond acceptors (Lipinski definition) is 5. The summed E-state index contributed by atoms with van der Waals surface area (Å²) in [5.41, 5.74) is -3.26. The van der Waals surface area contributed by atoms with E-state index < -0.39 is 45.8 Å². The average Bonchev–Trinajstić information content (AvgIpc) is 3.40. The van der Waals surface area contributed by atoms with Crippen LogP contribution in [0, 0.1) is 45.3 Å². The molecule has 0 aromatic rings. The van der Waals surface area contributed by atoms with Crippen LogP contribution >= 0.6 is 0 Å². The number of carbonyl (C=O) groups excluding carboxylic acids is 3. The zero-order chi connectivity index (χ0) is 22.8. The maximum absolute atomic E-state index is 14.0. The van der Waals surface area contributed by atoms with Crippen LogP contribution in [0.1, 0.15) is 73.1 Å². The van der Waals surface area contributed by atoms with Crippen LogP contribution in [0.15, 0.2) is 0 Å². The van der Waals surface area contributed by atoms with Crippen LogP contribution in [-0.2, 0) is 23.9 Å². The van der Waals surface area contributed by atoms with E-state index in [-0.39, 0.29) is 28.8 Å². The van der Waals surface area contributed by atoms with Crippen molar-refractivity contribution in [1.82, 2.24) is 0 Å². The highest BCUT2D eigenvalue weighted by atomic mass is 16.6. The Labute approximate surface area is 183 Å². The normalized spacial score (nSPS) is 52.9. The van der Waals surface area contributed by atoms with Crippen molar-refractivity contribution < 1.29 is 29.0 Å². The summed E-state index contributed by atoms with van der Waals surface area (Å²) in [6.07, 6.45) is 4.20. The predicted octanol–water partition coefficient (Wildman–Crippen LogP) is 3.45. The highest BCUT2D eigenvalue weighted by Crippen LogP contribution is 2.78. The lowest BCUT2D eigenvalue weighted by Crippen LogP contribution is -2.69. The summed E-state index contributed by atoms with van der Waals surface area (Å²) < 4.78 is 6.20. The second-order valence-electron chi connectivity index (χ2n) is 12.1. The summed E-state index contributed by atoms with van der Waals surface area (Å²) in [7, 11) is 0. The molecule has 4 saturated carbocycles. The summed E-state index contributed by atoms with van der Waals surface area (Å²) in [6.45, 7) is 9.80. The Morgan fingerprint density at radius 3 is 2.39 bits per heavy atom. The number of ether oxygens (including phenoxy) is 1. The molecule has 1 spiro atoms. The highest BCUT2D eigenvalue weighted by Gasteiger charge is 2.85. The van der Waals surface area contributed by atoms with Crippen LogP contribution in [-0.4, -0.2) is 40.6 Å². The zero-order valence-corrected chi connectivity index (χ0v) is 19.2. The Morgan fingerprint density at radius 1 is 1.10 bits per heavy atom. The summed E-state index contributed by atoms with van der Waals surface area (Å²) in [5, 5.41) is 9.72. The number of rotatable bonds is 3. The summed E-state index contributed by atoms with van der Waals surface area (Å²) in [4.78, 5) is 51.6. The van der Waals surface area contributed by atoms with Gasteiger partial charge < -0.3 is 14.6 Å². The number of Topliss-reactive ketones (excluding diaryl/α,β-unsaturated/α-hetero) is 2. The minimum absolute atomic E-state index is 0.0244. The zero-order valence-electron chi connectivity index (χ0n) is 19.2. The first-order valence-electron chi connectivity index (χ1n) is 11.8. The third kappa shape index (κ3) is 2.05. The van der Waals surface area contributed by atoms with Crippen LogP contribution in [0.5, 0.6) is 0 Å². The number of fused-ring (bicyclic) bond motifs is 4. The number of carbonyl (C=O) groups is 4. The first kappa shape index (κ1) is 21.3. The third-order valence-electron chi connectivity index (χ3n) is 11.3. The fourth-order valence-corrected chi connectivity index (χ4v) is 9.22. The largest absolute Gasteiger partial charge is 0.481 e. The number of carboxylic acid groups (broad SMARTS) is 1. The number of aldehydes is 1. The van der Waals surface area contributed by atoms with Crippen molar-refractivity contribution in [2.24, 2.45) is 45.3 Å². The fraction of sp³-hybridized carbons (Fsp3) is 0.840. The van der Waals surface area contributed by atoms with Crippen molar-refractivity contribution in [2.75, 3.05) is 0 Å². The molecule has 170 valence electrons. The van der Waals surface area contributed by atoms with E-state index in [0.29, 0.717) is 19.3 Å². The van der Waals surface area contributed by atoms with Gasteiger partial charge in [0.2, 0.25) is 0 Å². The molecule has 1 saturated heterocycles. The first-order valence-corrected chi connectivity index (χ1v) is 11.8. The van der Waals surface area contributed by atoms with Crippen LogP contribution in [0.3, 0.4) is 0 Å². The number of hydrogen-bond donors (Lipinski definition) is 1. The third-order valence-corrected chi connectivity index (χ3v) is 11.3. The maximum Gasteiger partial charge on any atom is 0.306 e. The molecule has 0 aromatic heterocycles. The lowest BCUT2D eigenvalue weighted by molar-refractivity contribution is -0.187. The summed E-state index contributed by atoms with van der Waals surface area (Å²) >= 11 is 0. The van der Waals surface area contributed by atoms with Gasteiger partial charge >= 0.3 is 5.97 Å². The topological polar surface area (TPSA) is 101 Å². The molecule has 5 rings (SSSR count). The predicted molar refractivity (Wildman–Crippen MR) is 111 cm³/mol. The van der Waals surface area contributed by atoms with Crippen molar-refractivity contribution in [2.45, 2.75) is 84.8 Å². The molecule has 9 atom stereocenters. The molecule has 6 heteroatoms. The van der Waals surface area contributed by atoms with Gasteiger partial charge in [0.1, 0.15) is 23.8 Å². The van der Waals surface area contributed by atoms with Crippen LogP contribution < -0.4 is 0 Å². The molecule has 5 fully saturated rings. The van der Waals surface area contributed by atoms with Gasteiger partial charge in [0.05, 0.1) is 11.3 Å². The van der Waals surface area contributed by atoms with E-state index in [2.05, 4.69) is 13.8 Å². The van der Waals surface area contributed by atoms with Gasteiger partial charge in [-0.05, 0) is 62.7 Å². The molecule has 6 nitrogen and oxygen atoms in total. The Balaban J connectivity index is 1.64. The van der Waals surface area contributed by atoms with Crippen molar-refractivity contribution >= 4 is 23.8 Å². The van der Waals surface area contributed by atoms with E-state index in [1.807, 2.05) is 13.8 Å². The van der Waals surface area contributed by atoms with Crippen molar-refractivity contribution in [1.29, 1.82) is 0 Å². The molecule has 1 N–H and O–H groups in total. The van der Waals surface area contributed by atoms with Crippen molar-refractivity contribution in [3.8, 4) is 0 Å². The van der Waals surface area contributed by atoms with E-state index in [0.717, 1.165) is 25.5 Å². The van der Waals surface area contributed by atoms with Crippen LogP contribution in [0.2, 0.25) is 0 Å². The van der Waals surface area contributed by atoms with Gasteiger partial charge in [-0.25, -0.2) is 0 Å². The van der Waals surface area contributed by atoms with Gasteiger partial charge in [0.15, 0.2) is 5.78 Å². The summed E-state index contributed by atoms with van der Waals surface area (Å²) in [5.74, 6) is -1.84. The van der Waals surface area contributed by atoms with E-state index in [4.69, 9.17) is 4.74 Å². The summed E-state index contributed by atoms with van der Waals surface area (Å²) in [6, 6.07) is 0. The molecule has 1 heterocycles. The molecule has 0 bridgehead atoms. The molecule has 5 aliphatic rings. The minimum atomic E-state index is -0.854. The van der Waals surface area contributed by atoms with Gasteiger partial charge in [-0.2, -0.15) is 0 Å². The maximum atomic E-state index is 14.0. The smallest absolute Gasteiger partial charge is 0.306 e. The Kier molecular flexibility index (Phi) is 4.03. The second-order valence-corrected chi connectivity index (χ2v) is 12.1. The first-order chi connectivity index (χ1) is 14.3. The van der Waals surface area contributed by atoms with Gasteiger partial charge in [-0.15, -0.1) is 0 Å². The lowest BCUT2D eigenvalue weighted by Gasteiger charge is -2.64. The monoisotopic (exact) mass is 430 g/mol. The second kappa shape index (κ2) is 5.86. The van der Waals surface area contributed by atoms with E-state index >= 15 is 0 Å². The number of ketones is 2. The lowest BCUT2D eigenvalue weighted by atomic mass is 9.36. The standard InChI is InChI=1S/C25H34O6/c1-13(20(29)30)14-8-9-23(5)18-17(28)19-25(31-19)15(6-7-16(27)21(25,2)3)24(18,12-26)11-10-22(14,23)4/h12-15,18-19H,6-11H2,1-5H3,(H,29,30). The molecule has 0 radical (unpaired) electrons. The minimum Gasteiger partial charge on any atom is -0.481 e. The SMILES string of the molecule is CC(C(=O)O)C1CCC2(C)C3C(=O)C4OC45C(CCC(=O)C5(C)C)C3(C=O)CCC12C.